The zero-order chi connectivity index (χ0) is 12.7. The average Bonchev–Trinajstić information content (AvgIpc) is 2.95. The number of aliphatic hydroxyl groups excluding tert-OH is 1. The largest absolute Gasteiger partial charge is 0.383 e. The van der Waals surface area contributed by atoms with Gasteiger partial charge in [0.25, 0.3) is 0 Å². The van der Waals surface area contributed by atoms with Gasteiger partial charge in [-0.1, -0.05) is 18.2 Å². The molecule has 18 heavy (non-hydrogen) atoms. The Labute approximate surface area is 127 Å². The Bertz CT molecular complexity index is 572. The van der Waals surface area contributed by atoms with Crippen molar-refractivity contribution in [3.8, 4) is 0 Å². The summed E-state index contributed by atoms with van der Waals surface area (Å²) in [5.74, 6) is 0. The zero-order valence-electron chi connectivity index (χ0n) is 9.62. The second kappa shape index (κ2) is 5.08. The lowest BCUT2D eigenvalue weighted by Crippen LogP contribution is -1.98. The zero-order valence-corrected chi connectivity index (χ0v) is 13.6. The molecule has 3 rings (SSSR count). The van der Waals surface area contributed by atoms with Crippen LogP contribution in [0.25, 0.3) is 0 Å². The number of rotatable bonds is 2. The van der Waals surface area contributed by atoms with Gasteiger partial charge in [-0.15, -0.1) is 11.3 Å². The fourth-order valence-corrected chi connectivity index (χ4v) is 4.53. The van der Waals surface area contributed by atoms with Crippen LogP contribution in [0, 0.1) is 0 Å². The van der Waals surface area contributed by atoms with Crippen LogP contribution >= 0.6 is 43.2 Å². The SMILES string of the molecule is OC(c1ccc2c(c1)CCC2)c1cc(Br)c(Br)s1. The summed E-state index contributed by atoms with van der Waals surface area (Å²) in [7, 11) is 0. The molecule has 94 valence electrons. The van der Waals surface area contributed by atoms with Crippen molar-refractivity contribution in [2.75, 3.05) is 0 Å². The van der Waals surface area contributed by atoms with Crippen molar-refractivity contribution in [2.45, 2.75) is 25.4 Å². The van der Waals surface area contributed by atoms with E-state index in [-0.39, 0.29) is 0 Å². The molecule has 0 bridgehead atoms. The smallest absolute Gasteiger partial charge is 0.113 e. The maximum atomic E-state index is 10.4. The molecule has 2 aromatic rings. The van der Waals surface area contributed by atoms with Crippen LogP contribution in [-0.4, -0.2) is 5.11 Å². The highest BCUT2D eigenvalue weighted by Gasteiger charge is 2.18. The molecular weight excluding hydrogens is 376 g/mol. The maximum absolute atomic E-state index is 10.4. The summed E-state index contributed by atoms with van der Waals surface area (Å²) < 4.78 is 2.03. The fraction of sp³-hybridized carbons (Fsp3) is 0.286. The molecule has 1 unspecified atom stereocenters. The summed E-state index contributed by atoms with van der Waals surface area (Å²) >= 11 is 8.50. The molecule has 0 saturated heterocycles. The van der Waals surface area contributed by atoms with Crippen LogP contribution in [0.4, 0.5) is 0 Å². The number of benzene rings is 1. The Hall–Kier alpha value is -0.160. The number of hydrogen-bond donors (Lipinski definition) is 1. The lowest BCUT2D eigenvalue weighted by atomic mass is 10.0. The highest BCUT2D eigenvalue weighted by Crippen LogP contribution is 2.38. The van der Waals surface area contributed by atoms with Gasteiger partial charge in [-0.05, 0) is 73.9 Å². The normalized spacial score (nSPS) is 15.7. The Morgan fingerprint density at radius 2 is 1.89 bits per heavy atom. The van der Waals surface area contributed by atoms with E-state index in [1.165, 1.54) is 24.0 Å². The summed E-state index contributed by atoms with van der Waals surface area (Å²) in [6.07, 6.45) is 3.05. The van der Waals surface area contributed by atoms with Gasteiger partial charge in [0.15, 0.2) is 0 Å². The Kier molecular flexibility index (Phi) is 3.63. The molecule has 1 nitrogen and oxygen atoms in total. The number of thiophene rings is 1. The molecule has 1 heterocycles. The first-order valence-corrected chi connectivity index (χ1v) is 8.30. The minimum atomic E-state index is -0.525. The van der Waals surface area contributed by atoms with Gasteiger partial charge in [0.2, 0.25) is 0 Å². The van der Waals surface area contributed by atoms with Crippen LogP contribution in [0.1, 0.15) is 34.1 Å². The van der Waals surface area contributed by atoms with Gasteiger partial charge in [0.05, 0.1) is 3.79 Å². The molecule has 1 N–H and O–H groups in total. The first-order valence-electron chi connectivity index (χ1n) is 5.89. The molecule has 1 atom stereocenters. The van der Waals surface area contributed by atoms with E-state index < -0.39 is 6.10 Å². The number of hydrogen-bond acceptors (Lipinski definition) is 2. The second-order valence-electron chi connectivity index (χ2n) is 4.55. The number of aryl methyl sites for hydroxylation is 2. The van der Waals surface area contributed by atoms with Crippen molar-refractivity contribution in [1.29, 1.82) is 0 Å². The van der Waals surface area contributed by atoms with Crippen LogP contribution in [0.2, 0.25) is 0 Å². The van der Waals surface area contributed by atoms with Crippen LogP contribution in [0.5, 0.6) is 0 Å². The molecule has 0 aliphatic heterocycles. The third-order valence-electron chi connectivity index (χ3n) is 3.37. The molecular formula is C14H12Br2OS. The van der Waals surface area contributed by atoms with Crippen molar-refractivity contribution < 1.29 is 5.11 Å². The Morgan fingerprint density at radius 1 is 1.11 bits per heavy atom. The first kappa shape index (κ1) is 12.9. The Morgan fingerprint density at radius 3 is 2.61 bits per heavy atom. The van der Waals surface area contributed by atoms with E-state index in [0.717, 1.165) is 25.1 Å². The highest BCUT2D eigenvalue weighted by atomic mass is 79.9. The van der Waals surface area contributed by atoms with Crippen molar-refractivity contribution in [3.05, 3.63) is 54.1 Å². The minimum absolute atomic E-state index is 0.525. The monoisotopic (exact) mass is 386 g/mol. The molecule has 4 heteroatoms. The van der Waals surface area contributed by atoms with Crippen molar-refractivity contribution >= 4 is 43.2 Å². The van der Waals surface area contributed by atoms with Gasteiger partial charge < -0.3 is 5.11 Å². The van der Waals surface area contributed by atoms with E-state index in [2.05, 4.69) is 50.1 Å². The summed E-state index contributed by atoms with van der Waals surface area (Å²) in [6.45, 7) is 0. The number of aliphatic hydroxyl groups is 1. The van der Waals surface area contributed by atoms with Gasteiger partial charge in [-0.25, -0.2) is 0 Å². The number of halogens is 2. The Balaban J connectivity index is 1.94. The quantitative estimate of drug-likeness (QED) is 0.781. The van der Waals surface area contributed by atoms with Gasteiger partial charge in [-0.2, -0.15) is 0 Å². The summed E-state index contributed by atoms with van der Waals surface area (Å²) in [5.41, 5.74) is 3.85. The second-order valence-corrected chi connectivity index (χ2v) is 7.81. The predicted molar refractivity (Wildman–Crippen MR) is 82.2 cm³/mol. The fourth-order valence-electron chi connectivity index (χ4n) is 2.42. The van der Waals surface area contributed by atoms with Crippen molar-refractivity contribution in [3.63, 3.8) is 0 Å². The van der Waals surface area contributed by atoms with Gasteiger partial charge in [0, 0.05) is 9.35 Å². The van der Waals surface area contributed by atoms with Crippen LogP contribution < -0.4 is 0 Å². The van der Waals surface area contributed by atoms with Crippen LogP contribution in [0.15, 0.2) is 32.5 Å². The van der Waals surface area contributed by atoms with Crippen molar-refractivity contribution in [1.82, 2.24) is 0 Å². The lowest BCUT2D eigenvalue weighted by Gasteiger charge is -2.10. The summed E-state index contributed by atoms with van der Waals surface area (Å²) in [5, 5.41) is 10.4. The van der Waals surface area contributed by atoms with E-state index >= 15 is 0 Å². The van der Waals surface area contributed by atoms with E-state index in [0.29, 0.717) is 0 Å². The van der Waals surface area contributed by atoms with E-state index in [1.807, 2.05) is 6.07 Å². The predicted octanol–water partition coefficient (Wildman–Crippen LogP) is 4.84. The molecule has 1 aliphatic rings. The van der Waals surface area contributed by atoms with Gasteiger partial charge in [0.1, 0.15) is 6.10 Å². The molecule has 1 aromatic carbocycles. The molecule has 0 radical (unpaired) electrons. The van der Waals surface area contributed by atoms with E-state index in [1.54, 1.807) is 11.3 Å². The maximum Gasteiger partial charge on any atom is 0.113 e. The molecule has 1 aliphatic carbocycles. The molecule has 1 aromatic heterocycles. The van der Waals surface area contributed by atoms with Gasteiger partial charge in [-0.3, -0.25) is 0 Å². The molecule has 0 amide bonds. The lowest BCUT2D eigenvalue weighted by molar-refractivity contribution is 0.224. The topological polar surface area (TPSA) is 20.2 Å². The minimum Gasteiger partial charge on any atom is -0.383 e. The number of fused-ring (bicyclic) bond motifs is 1. The van der Waals surface area contributed by atoms with Crippen LogP contribution in [0.3, 0.4) is 0 Å². The molecule has 0 spiro atoms. The summed E-state index contributed by atoms with van der Waals surface area (Å²) in [6, 6.07) is 8.36. The first-order chi connectivity index (χ1) is 8.65. The highest BCUT2D eigenvalue weighted by molar-refractivity contribution is 9.13. The summed E-state index contributed by atoms with van der Waals surface area (Å²) in [4.78, 5) is 0.965. The average molecular weight is 388 g/mol. The standard InChI is InChI=1S/C14H12Br2OS/c15-11-7-12(18-14(11)16)13(17)10-5-4-8-2-1-3-9(8)6-10/h4-7,13,17H,1-3H2. The van der Waals surface area contributed by atoms with Crippen LogP contribution in [-0.2, 0) is 12.8 Å². The molecule has 0 fully saturated rings. The van der Waals surface area contributed by atoms with E-state index in [4.69, 9.17) is 0 Å². The van der Waals surface area contributed by atoms with Gasteiger partial charge >= 0.3 is 0 Å². The molecule has 0 saturated carbocycles. The third kappa shape index (κ3) is 2.31. The van der Waals surface area contributed by atoms with Crippen molar-refractivity contribution in [2.24, 2.45) is 0 Å². The third-order valence-corrected chi connectivity index (χ3v) is 6.68. The van der Waals surface area contributed by atoms with E-state index in [9.17, 15) is 5.11 Å².